The lowest BCUT2D eigenvalue weighted by atomic mass is 10.2. The molecule has 0 bridgehead atoms. The maximum absolute atomic E-state index is 12.2. The summed E-state index contributed by atoms with van der Waals surface area (Å²) < 4.78 is 50.7. The van der Waals surface area contributed by atoms with Crippen LogP contribution in [0.3, 0.4) is 0 Å². The summed E-state index contributed by atoms with van der Waals surface area (Å²) in [7, 11) is -4.91. The lowest BCUT2D eigenvalue weighted by Gasteiger charge is -2.06. The molecule has 0 amide bonds. The molecule has 0 aliphatic rings. The van der Waals surface area contributed by atoms with Gasteiger partial charge >= 0.3 is 15.9 Å². The van der Waals surface area contributed by atoms with Gasteiger partial charge in [0.1, 0.15) is 0 Å². The van der Waals surface area contributed by atoms with Crippen molar-refractivity contribution in [1.82, 2.24) is 10.2 Å². The lowest BCUT2D eigenvalue weighted by molar-refractivity contribution is 0.220. The van der Waals surface area contributed by atoms with E-state index < -0.39 is 15.9 Å². The van der Waals surface area contributed by atoms with Gasteiger partial charge in [0.25, 0.3) is 0 Å². The number of aromatic nitrogens is 2. The molecule has 0 aliphatic heterocycles. The SMILES string of the molecule is Cc1[nH]nc2cccc(OS(=O)(=O)C(F)F)c12. The van der Waals surface area contributed by atoms with Gasteiger partial charge < -0.3 is 4.18 Å². The van der Waals surface area contributed by atoms with Crippen LogP contribution in [-0.4, -0.2) is 24.4 Å². The van der Waals surface area contributed by atoms with Crippen LogP contribution in [0.2, 0.25) is 0 Å². The number of H-pyrrole nitrogens is 1. The van der Waals surface area contributed by atoms with Crippen molar-refractivity contribution in [2.45, 2.75) is 12.7 Å². The van der Waals surface area contributed by atoms with Crippen molar-refractivity contribution in [2.75, 3.05) is 0 Å². The third-order valence-electron chi connectivity index (χ3n) is 2.15. The molecule has 1 aromatic carbocycles. The van der Waals surface area contributed by atoms with Crippen LogP contribution in [0.4, 0.5) is 8.78 Å². The second kappa shape index (κ2) is 3.95. The normalized spacial score (nSPS) is 12.2. The maximum Gasteiger partial charge on any atom is 0.372 e. The Morgan fingerprint density at radius 3 is 2.76 bits per heavy atom. The number of nitrogens with one attached hydrogen (secondary N) is 1. The molecule has 0 atom stereocenters. The Kier molecular flexibility index (Phi) is 2.74. The predicted molar refractivity (Wildman–Crippen MR) is 56.4 cm³/mol. The smallest absolute Gasteiger partial charge is 0.372 e. The van der Waals surface area contributed by atoms with E-state index in [2.05, 4.69) is 14.4 Å². The highest BCUT2D eigenvalue weighted by Gasteiger charge is 2.27. The average molecular weight is 262 g/mol. The number of hydrogen-bond acceptors (Lipinski definition) is 4. The van der Waals surface area contributed by atoms with Gasteiger partial charge in [-0.05, 0) is 19.1 Å². The average Bonchev–Trinajstić information content (AvgIpc) is 2.61. The summed E-state index contributed by atoms with van der Waals surface area (Å²) in [6, 6.07) is 4.38. The number of fused-ring (bicyclic) bond motifs is 1. The first-order chi connectivity index (χ1) is 7.92. The molecule has 92 valence electrons. The Morgan fingerprint density at radius 2 is 2.12 bits per heavy atom. The standard InChI is InChI=1S/C9H8F2N2O3S/c1-5-8-6(13-12-5)3-2-4-7(8)16-17(14,15)9(10)11/h2-4,9H,1H3,(H,12,13). The van der Waals surface area contributed by atoms with Gasteiger partial charge in [0.2, 0.25) is 0 Å². The van der Waals surface area contributed by atoms with E-state index in [4.69, 9.17) is 0 Å². The zero-order chi connectivity index (χ0) is 12.6. The molecule has 0 saturated carbocycles. The van der Waals surface area contributed by atoms with Gasteiger partial charge in [0, 0.05) is 5.69 Å². The Morgan fingerprint density at radius 1 is 1.41 bits per heavy atom. The van der Waals surface area contributed by atoms with Crippen LogP contribution in [0, 0.1) is 6.92 Å². The minimum absolute atomic E-state index is 0.158. The molecule has 0 fully saturated rings. The number of nitrogens with zero attached hydrogens (tertiary/aromatic N) is 1. The minimum atomic E-state index is -4.91. The van der Waals surface area contributed by atoms with Crippen LogP contribution >= 0.6 is 0 Å². The van der Waals surface area contributed by atoms with Crippen molar-refractivity contribution in [3.8, 4) is 5.75 Å². The first-order valence-electron chi connectivity index (χ1n) is 4.57. The quantitative estimate of drug-likeness (QED) is 0.856. The number of benzene rings is 1. The molecular formula is C9H8F2N2O3S. The van der Waals surface area contributed by atoms with Gasteiger partial charge in [-0.15, -0.1) is 0 Å². The molecule has 1 heterocycles. The molecule has 5 nitrogen and oxygen atoms in total. The van der Waals surface area contributed by atoms with E-state index in [-0.39, 0.29) is 5.75 Å². The second-order valence-corrected chi connectivity index (χ2v) is 4.84. The second-order valence-electron chi connectivity index (χ2n) is 3.34. The summed E-state index contributed by atoms with van der Waals surface area (Å²) in [5.41, 5.74) is 0.990. The van der Waals surface area contributed by atoms with Crippen molar-refractivity contribution >= 4 is 21.0 Å². The molecule has 0 radical (unpaired) electrons. The minimum Gasteiger partial charge on any atom is -0.378 e. The Hall–Kier alpha value is -1.70. The molecule has 2 aromatic rings. The number of hydrogen-bond donors (Lipinski definition) is 1. The van der Waals surface area contributed by atoms with Crippen molar-refractivity contribution in [3.05, 3.63) is 23.9 Å². The van der Waals surface area contributed by atoms with Crippen molar-refractivity contribution in [2.24, 2.45) is 0 Å². The van der Waals surface area contributed by atoms with Crippen LogP contribution in [0.1, 0.15) is 5.69 Å². The number of rotatable bonds is 3. The summed E-state index contributed by atoms with van der Waals surface area (Å²) in [5, 5.41) is 6.86. The van der Waals surface area contributed by atoms with E-state index in [1.807, 2.05) is 0 Å². The Bertz CT molecular complexity index is 651. The highest BCUT2D eigenvalue weighted by atomic mass is 32.2. The third-order valence-corrected chi connectivity index (χ3v) is 3.00. The molecule has 1 aromatic heterocycles. The number of aromatic amines is 1. The molecular weight excluding hydrogens is 254 g/mol. The van der Waals surface area contributed by atoms with E-state index in [9.17, 15) is 17.2 Å². The third kappa shape index (κ3) is 2.07. The lowest BCUT2D eigenvalue weighted by Crippen LogP contribution is -2.18. The van der Waals surface area contributed by atoms with Gasteiger partial charge in [0.15, 0.2) is 5.75 Å². The van der Waals surface area contributed by atoms with Crippen LogP contribution in [0.5, 0.6) is 5.75 Å². The molecule has 17 heavy (non-hydrogen) atoms. The van der Waals surface area contributed by atoms with E-state index in [1.54, 1.807) is 13.0 Å². The van der Waals surface area contributed by atoms with Gasteiger partial charge in [-0.1, -0.05) is 6.07 Å². The van der Waals surface area contributed by atoms with E-state index in [1.165, 1.54) is 12.1 Å². The maximum atomic E-state index is 12.2. The van der Waals surface area contributed by atoms with Gasteiger partial charge in [0.05, 0.1) is 10.9 Å². The van der Waals surface area contributed by atoms with Crippen LogP contribution in [0.15, 0.2) is 18.2 Å². The summed E-state index contributed by atoms with van der Waals surface area (Å²) in [5.74, 6) is -3.74. The van der Waals surface area contributed by atoms with Crippen molar-refractivity contribution < 1.29 is 21.4 Å². The predicted octanol–water partition coefficient (Wildman–Crippen LogP) is 1.80. The molecule has 8 heteroatoms. The van der Waals surface area contributed by atoms with E-state index in [0.29, 0.717) is 16.6 Å². The van der Waals surface area contributed by atoms with Crippen LogP contribution in [0.25, 0.3) is 10.9 Å². The first-order valence-corrected chi connectivity index (χ1v) is 6.04. The van der Waals surface area contributed by atoms with E-state index in [0.717, 1.165) is 0 Å². The zero-order valence-electron chi connectivity index (χ0n) is 8.65. The summed E-state index contributed by atoms with van der Waals surface area (Å²) in [4.78, 5) is 0. The molecule has 0 spiro atoms. The fourth-order valence-corrected chi connectivity index (χ4v) is 1.88. The topological polar surface area (TPSA) is 72.0 Å². The molecule has 1 N–H and O–H groups in total. The molecule has 2 rings (SSSR count). The van der Waals surface area contributed by atoms with Crippen LogP contribution < -0.4 is 4.18 Å². The number of alkyl halides is 2. The zero-order valence-corrected chi connectivity index (χ0v) is 9.46. The van der Waals surface area contributed by atoms with Crippen molar-refractivity contribution in [1.29, 1.82) is 0 Å². The van der Waals surface area contributed by atoms with Crippen molar-refractivity contribution in [3.63, 3.8) is 0 Å². The number of halogens is 2. The molecule has 0 unspecified atom stereocenters. The highest BCUT2D eigenvalue weighted by Crippen LogP contribution is 2.28. The summed E-state index contributed by atoms with van der Waals surface area (Å²) >= 11 is 0. The van der Waals surface area contributed by atoms with Crippen LogP contribution in [-0.2, 0) is 10.1 Å². The molecule has 0 saturated heterocycles. The monoisotopic (exact) mass is 262 g/mol. The largest absolute Gasteiger partial charge is 0.378 e. The molecule has 0 aliphatic carbocycles. The fourth-order valence-electron chi connectivity index (χ4n) is 1.42. The number of aryl methyl sites for hydroxylation is 1. The van der Waals surface area contributed by atoms with Gasteiger partial charge in [-0.3, -0.25) is 5.10 Å². The Balaban J connectivity index is 2.53. The van der Waals surface area contributed by atoms with E-state index >= 15 is 0 Å². The Labute approximate surface area is 95.5 Å². The van der Waals surface area contributed by atoms with Gasteiger partial charge in [-0.25, -0.2) is 0 Å². The summed E-state index contributed by atoms with van der Waals surface area (Å²) in [6.45, 7) is 1.64. The summed E-state index contributed by atoms with van der Waals surface area (Å²) in [6.07, 6.45) is 0. The van der Waals surface area contributed by atoms with Gasteiger partial charge in [-0.2, -0.15) is 22.3 Å². The highest BCUT2D eigenvalue weighted by molar-refractivity contribution is 7.87. The first kappa shape index (κ1) is 11.8. The fraction of sp³-hybridized carbons (Fsp3) is 0.222.